The van der Waals surface area contributed by atoms with Crippen LogP contribution in [0, 0.1) is 0 Å². The SMILES string of the molecule is CCc1ccccc1NC(=O)C[NH+](C)CC(=O)Nc1ccccc1. The van der Waals surface area contributed by atoms with E-state index in [1.807, 2.05) is 61.6 Å². The van der Waals surface area contributed by atoms with Crippen LogP contribution in [0.15, 0.2) is 54.6 Å². The van der Waals surface area contributed by atoms with Gasteiger partial charge in [0.05, 0.1) is 7.05 Å². The van der Waals surface area contributed by atoms with E-state index in [1.54, 1.807) is 0 Å². The van der Waals surface area contributed by atoms with Gasteiger partial charge >= 0.3 is 0 Å². The van der Waals surface area contributed by atoms with E-state index in [2.05, 4.69) is 17.6 Å². The molecule has 24 heavy (non-hydrogen) atoms. The number of quaternary nitrogens is 1. The van der Waals surface area contributed by atoms with Crippen LogP contribution in [0.25, 0.3) is 0 Å². The van der Waals surface area contributed by atoms with Gasteiger partial charge in [0.1, 0.15) is 0 Å². The number of amides is 2. The van der Waals surface area contributed by atoms with Crippen molar-refractivity contribution < 1.29 is 14.5 Å². The second-order valence-electron chi connectivity index (χ2n) is 5.78. The van der Waals surface area contributed by atoms with Crippen LogP contribution in [0.5, 0.6) is 0 Å². The Morgan fingerprint density at radius 3 is 2.12 bits per heavy atom. The van der Waals surface area contributed by atoms with Gasteiger partial charge in [-0.05, 0) is 30.2 Å². The molecule has 0 saturated carbocycles. The first-order valence-corrected chi connectivity index (χ1v) is 8.12. The number of benzene rings is 2. The standard InChI is InChI=1S/C19H23N3O2/c1-3-15-9-7-8-12-17(15)21-19(24)14-22(2)13-18(23)20-16-10-5-4-6-11-16/h4-12H,3,13-14H2,1-2H3,(H,20,23)(H,21,24)/p+1. The van der Waals surface area contributed by atoms with Crippen LogP contribution < -0.4 is 15.5 Å². The summed E-state index contributed by atoms with van der Waals surface area (Å²) in [4.78, 5) is 25.0. The molecule has 2 aromatic carbocycles. The fraction of sp³-hybridized carbons (Fsp3) is 0.263. The average Bonchev–Trinajstić information content (AvgIpc) is 2.55. The molecule has 5 nitrogen and oxygen atoms in total. The quantitative estimate of drug-likeness (QED) is 0.719. The number of carbonyl (C=O) groups is 2. The van der Waals surface area contributed by atoms with Gasteiger partial charge < -0.3 is 15.5 Å². The van der Waals surface area contributed by atoms with Gasteiger partial charge in [-0.25, -0.2) is 0 Å². The van der Waals surface area contributed by atoms with Crippen LogP contribution in [0.4, 0.5) is 11.4 Å². The number of hydrogen-bond donors (Lipinski definition) is 3. The van der Waals surface area contributed by atoms with E-state index < -0.39 is 0 Å². The Kier molecular flexibility index (Phi) is 6.51. The van der Waals surface area contributed by atoms with E-state index >= 15 is 0 Å². The molecule has 0 saturated heterocycles. The fourth-order valence-electron chi connectivity index (χ4n) is 2.48. The normalized spacial score (nSPS) is 11.6. The predicted octanol–water partition coefficient (Wildman–Crippen LogP) is 1.34. The van der Waals surface area contributed by atoms with E-state index in [9.17, 15) is 9.59 Å². The Morgan fingerprint density at radius 1 is 0.875 bits per heavy atom. The minimum atomic E-state index is -0.111. The molecule has 0 aliphatic rings. The largest absolute Gasteiger partial charge is 0.322 e. The zero-order chi connectivity index (χ0) is 17.4. The van der Waals surface area contributed by atoms with Crippen LogP contribution in [-0.4, -0.2) is 32.0 Å². The lowest BCUT2D eigenvalue weighted by Gasteiger charge is -2.15. The van der Waals surface area contributed by atoms with Crippen molar-refractivity contribution in [1.29, 1.82) is 0 Å². The van der Waals surface area contributed by atoms with E-state index in [-0.39, 0.29) is 24.9 Å². The molecule has 0 heterocycles. The molecule has 0 fully saturated rings. The molecule has 2 rings (SSSR count). The summed E-state index contributed by atoms with van der Waals surface area (Å²) < 4.78 is 0. The highest BCUT2D eigenvalue weighted by atomic mass is 16.2. The zero-order valence-corrected chi connectivity index (χ0v) is 14.1. The molecular weight excluding hydrogens is 302 g/mol. The summed E-state index contributed by atoms with van der Waals surface area (Å²) in [6.45, 7) is 2.52. The van der Waals surface area contributed by atoms with Crippen LogP contribution in [0.2, 0.25) is 0 Å². The highest BCUT2D eigenvalue weighted by molar-refractivity contribution is 5.93. The smallest absolute Gasteiger partial charge is 0.279 e. The third kappa shape index (κ3) is 5.52. The van der Waals surface area contributed by atoms with Crippen molar-refractivity contribution in [3.05, 3.63) is 60.2 Å². The third-order valence-corrected chi connectivity index (χ3v) is 3.65. The molecule has 0 radical (unpaired) electrons. The number of carbonyl (C=O) groups excluding carboxylic acids is 2. The summed E-state index contributed by atoms with van der Waals surface area (Å²) in [6.07, 6.45) is 0.860. The number of para-hydroxylation sites is 2. The molecule has 2 amide bonds. The van der Waals surface area contributed by atoms with E-state index in [4.69, 9.17) is 0 Å². The number of hydrogen-bond acceptors (Lipinski definition) is 2. The van der Waals surface area contributed by atoms with Crippen LogP contribution in [-0.2, 0) is 16.0 Å². The Bertz CT molecular complexity index is 686. The summed E-state index contributed by atoms with van der Waals surface area (Å²) in [5.74, 6) is -0.207. The van der Waals surface area contributed by atoms with Crippen molar-refractivity contribution >= 4 is 23.2 Å². The van der Waals surface area contributed by atoms with Crippen molar-refractivity contribution in [2.45, 2.75) is 13.3 Å². The average molecular weight is 326 g/mol. The van der Waals surface area contributed by atoms with E-state index in [0.29, 0.717) is 0 Å². The van der Waals surface area contributed by atoms with Crippen molar-refractivity contribution in [1.82, 2.24) is 0 Å². The second kappa shape index (κ2) is 8.84. The van der Waals surface area contributed by atoms with Crippen molar-refractivity contribution in [2.75, 3.05) is 30.8 Å². The van der Waals surface area contributed by atoms with Gasteiger partial charge in [-0.1, -0.05) is 43.3 Å². The maximum atomic E-state index is 12.2. The Labute approximate surface area is 142 Å². The predicted molar refractivity (Wildman–Crippen MR) is 96.1 cm³/mol. The van der Waals surface area contributed by atoms with Gasteiger partial charge in [0.2, 0.25) is 0 Å². The molecule has 2 aromatic rings. The number of aryl methyl sites for hydroxylation is 1. The molecule has 126 valence electrons. The van der Waals surface area contributed by atoms with Gasteiger partial charge in [0.25, 0.3) is 11.8 Å². The second-order valence-corrected chi connectivity index (χ2v) is 5.78. The van der Waals surface area contributed by atoms with Crippen molar-refractivity contribution in [3.8, 4) is 0 Å². The Hall–Kier alpha value is -2.66. The highest BCUT2D eigenvalue weighted by Crippen LogP contribution is 2.14. The number of rotatable bonds is 7. The third-order valence-electron chi connectivity index (χ3n) is 3.65. The minimum absolute atomic E-state index is 0.0964. The molecule has 0 bridgehead atoms. The van der Waals surface area contributed by atoms with E-state index in [0.717, 1.165) is 28.3 Å². The number of anilines is 2. The molecular formula is C19H24N3O2+. The van der Waals surface area contributed by atoms with Gasteiger partial charge in [0.15, 0.2) is 13.1 Å². The van der Waals surface area contributed by atoms with E-state index in [1.165, 1.54) is 0 Å². The summed E-state index contributed by atoms with van der Waals surface area (Å²) in [6, 6.07) is 17.1. The summed E-state index contributed by atoms with van der Waals surface area (Å²) >= 11 is 0. The fourth-order valence-corrected chi connectivity index (χ4v) is 2.48. The minimum Gasteiger partial charge on any atom is -0.322 e. The molecule has 5 heteroatoms. The summed E-state index contributed by atoms with van der Waals surface area (Å²) in [7, 11) is 1.83. The lowest BCUT2D eigenvalue weighted by molar-refractivity contribution is -0.862. The first-order valence-electron chi connectivity index (χ1n) is 8.12. The van der Waals surface area contributed by atoms with Gasteiger partial charge in [-0.15, -0.1) is 0 Å². The van der Waals surface area contributed by atoms with Gasteiger partial charge in [-0.2, -0.15) is 0 Å². The first kappa shape index (κ1) is 17.7. The van der Waals surface area contributed by atoms with Gasteiger partial charge in [0, 0.05) is 11.4 Å². The number of nitrogens with one attached hydrogen (secondary N) is 3. The molecule has 3 N–H and O–H groups in total. The Balaban J connectivity index is 1.82. The molecule has 0 aromatic heterocycles. The van der Waals surface area contributed by atoms with Crippen LogP contribution in [0.1, 0.15) is 12.5 Å². The maximum Gasteiger partial charge on any atom is 0.279 e. The molecule has 0 aliphatic carbocycles. The maximum absolute atomic E-state index is 12.2. The monoisotopic (exact) mass is 326 g/mol. The molecule has 1 atom stereocenters. The molecule has 0 aliphatic heterocycles. The van der Waals surface area contributed by atoms with Gasteiger partial charge in [-0.3, -0.25) is 9.59 Å². The van der Waals surface area contributed by atoms with Crippen molar-refractivity contribution in [3.63, 3.8) is 0 Å². The first-order chi connectivity index (χ1) is 11.6. The summed E-state index contributed by atoms with van der Waals surface area (Å²) in [5, 5.41) is 5.75. The topological polar surface area (TPSA) is 62.6 Å². The van der Waals surface area contributed by atoms with Crippen LogP contribution in [0.3, 0.4) is 0 Å². The van der Waals surface area contributed by atoms with Crippen molar-refractivity contribution in [2.24, 2.45) is 0 Å². The summed E-state index contributed by atoms with van der Waals surface area (Å²) in [5.41, 5.74) is 2.70. The zero-order valence-electron chi connectivity index (χ0n) is 14.1. The highest BCUT2D eigenvalue weighted by Gasteiger charge is 2.15. The Morgan fingerprint density at radius 2 is 1.46 bits per heavy atom. The van der Waals surface area contributed by atoms with Crippen LogP contribution >= 0.6 is 0 Å². The number of likely N-dealkylation sites (N-methyl/N-ethyl adjacent to an activating group) is 1. The molecule has 1 unspecified atom stereocenters. The molecule has 0 spiro atoms. The lowest BCUT2D eigenvalue weighted by atomic mass is 10.1. The lowest BCUT2D eigenvalue weighted by Crippen LogP contribution is -3.11.